The van der Waals surface area contributed by atoms with Crippen LogP contribution in [0.2, 0.25) is 0 Å². The minimum atomic E-state index is -0.703. The molecule has 2 atom stereocenters. The van der Waals surface area contributed by atoms with E-state index in [1.54, 1.807) is 0 Å². The monoisotopic (exact) mass is 281 g/mol. The van der Waals surface area contributed by atoms with E-state index in [2.05, 4.69) is 5.32 Å². The standard InChI is InChI=1S/C16H27NO3/c18-15(10-12-6-3-1-2-4-7-12)17-11-13-8-5-9-14(13)16(19)20/h12-14H,1-11H2,(H,17,18)(H,19,20). The molecule has 0 heterocycles. The second-order valence-electron chi connectivity index (χ2n) is 6.50. The van der Waals surface area contributed by atoms with Gasteiger partial charge in [-0.25, -0.2) is 0 Å². The largest absolute Gasteiger partial charge is 0.481 e. The lowest BCUT2D eigenvalue weighted by atomic mass is 9.94. The molecule has 0 bridgehead atoms. The van der Waals surface area contributed by atoms with Gasteiger partial charge in [0, 0.05) is 13.0 Å². The molecule has 2 unspecified atom stereocenters. The molecular formula is C16H27NO3. The van der Waals surface area contributed by atoms with E-state index in [1.807, 2.05) is 0 Å². The zero-order chi connectivity index (χ0) is 14.4. The first-order chi connectivity index (χ1) is 9.66. The Hall–Kier alpha value is -1.06. The Kier molecular flexibility index (Phi) is 5.86. The maximum atomic E-state index is 12.0. The number of hydrogen-bond acceptors (Lipinski definition) is 2. The SMILES string of the molecule is O=C(CC1CCCCCC1)NCC1CCCC1C(=O)O. The predicted molar refractivity (Wildman–Crippen MR) is 77.3 cm³/mol. The molecule has 2 aliphatic rings. The summed E-state index contributed by atoms with van der Waals surface area (Å²) < 4.78 is 0. The normalized spacial score (nSPS) is 28.0. The van der Waals surface area contributed by atoms with Crippen molar-refractivity contribution in [1.29, 1.82) is 0 Å². The van der Waals surface area contributed by atoms with E-state index >= 15 is 0 Å². The van der Waals surface area contributed by atoms with Crippen LogP contribution >= 0.6 is 0 Å². The maximum absolute atomic E-state index is 12.0. The van der Waals surface area contributed by atoms with E-state index in [0.29, 0.717) is 18.9 Å². The smallest absolute Gasteiger partial charge is 0.306 e. The van der Waals surface area contributed by atoms with Gasteiger partial charge in [-0.3, -0.25) is 9.59 Å². The first kappa shape index (κ1) is 15.3. The molecule has 4 heteroatoms. The summed E-state index contributed by atoms with van der Waals surface area (Å²) >= 11 is 0. The highest BCUT2D eigenvalue weighted by molar-refractivity contribution is 5.76. The minimum absolute atomic E-state index is 0.118. The van der Waals surface area contributed by atoms with Gasteiger partial charge in [-0.2, -0.15) is 0 Å². The zero-order valence-electron chi connectivity index (χ0n) is 12.3. The van der Waals surface area contributed by atoms with Crippen LogP contribution in [0.4, 0.5) is 0 Å². The molecular weight excluding hydrogens is 254 g/mol. The first-order valence-electron chi connectivity index (χ1n) is 8.16. The number of aliphatic carboxylic acids is 1. The Morgan fingerprint density at radius 3 is 2.30 bits per heavy atom. The quantitative estimate of drug-likeness (QED) is 0.761. The lowest BCUT2D eigenvalue weighted by molar-refractivity contribution is -0.143. The van der Waals surface area contributed by atoms with Gasteiger partial charge in [0.1, 0.15) is 0 Å². The van der Waals surface area contributed by atoms with E-state index in [-0.39, 0.29) is 17.7 Å². The number of amides is 1. The summed E-state index contributed by atoms with van der Waals surface area (Å²) in [6.07, 6.45) is 10.8. The van der Waals surface area contributed by atoms with E-state index in [0.717, 1.165) is 19.3 Å². The fraction of sp³-hybridized carbons (Fsp3) is 0.875. The molecule has 2 N–H and O–H groups in total. The lowest BCUT2D eigenvalue weighted by Gasteiger charge is -2.18. The minimum Gasteiger partial charge on any atom is -0.481 e. The summed E-state index contributed by atoms with van der Waals surface area (Å²) in [4.78, 5) is 23.1. The van der Waals surface area contributed by atoms with Crippen LogP contribution in [0.1, 0.15) is 64.2 Å². The summed E-state index contributed by atoms with van der Waals surface area (Å²) in [6.45, 7) is 0.544. The van der Waals surface area contributed by atoms with Crippen LogP contribution in [0.5, 0.6) is 0 Å². The average Bonchev–Trinajstić information content (AvgIpc) is 2.75. The van der Waals surface area contributed by atoms with E-state index < -0.39 is 5.97 Å². The molecule has 0 aliphatic heterocycles. The molecule has 20 heavy (non-hydrogen) atoms. The van der Waals surface area contributed by atoms with Crippen molar-refractivity contribution in [1.82, 2.24) is 5.32 Å². The fourth-order valence-electron chi connectivity index (χ4n) is 3.75. The number of nitrogens with one attached hydrogen (secondary N) is 1. The molecule has 4 nitrogen and oxygen atoms in total. The number of hydrogen-bond donors (Lipinski definition) is 2. The third kappa shape index (κ3) is 4.50. The average molecular weight is 281 g/mol. The van der Waals surface area contributed by atoms with Crippen LogP contribution in [0.3, 0.4) is 0 Å². The van der Waals surface area contributed by atoms with Crippen LogP contribution in [0, 0.1) is 17.8 Å². The Labute approximate surface area is 121 Å². The van der Waals surface area contributed by atoms with Gasteiger partial charge in [0.2, 0.25) is 5.91 Å². The molecule has 2 rings (SSSR count). The second-order valence-corrected chi connectivity index (χ2v) is 6.50. The molecule has 114 valence electrons. The predicted octanol–water partition coefficient (Wildman–Crippen LogP) is 2.96. The van der Waals surface area contributed by atoms with Crippen molar-refractivity contribution in [3.63, 3.8) is 0 Å². The molecule has 0 aromatic heterocycles. The highest BCUT2D eigenvalue weighted by Crippen LogP contribution is 2.31. The molecule has 0 spiro atoms. The van der Waals surface area contributed by atoms with Crippen molar-refractivity contribution in [2.75, 3.05) is 6.54 Å². The van der Waals surface area contributed by atoms with Gasteiger partial charge in [-0.15, -0.1) is 0 Å². The van der Waals surface area contributed by atoms with Crippen LogP contribution in [-0.2, 0) is 9.59 Å². The number of carboxylic acid groups (broad SMARTS) is 1. The van der Waals surface area contributed by atoms with Gasteiger partial charge in [-0.05, 0) is 37.5 Å². The summed E-state index contributed by atoms with van der Waals surface area (Å²) in [7, 11) is 0. The van der Waals surface area contributed by atoms with Crippen LogP contribution in [0.25, 0.3) is 0 Å². The molecule has 0 aromatic rings. The van der Waals surface area contributed by atoms with Crippen molar-refractivity contribution in [3.8, 4) is 0 Å². The molecule has 0 saturated heterocycles. The van der Waals surface area contributed by atoms with Crippen LogP contribution in [0.15, 0.2) is 0 Å². The summed E-state index contributed by atoms with van der Waals surface area (Å²) in [5, 5.41) is 12.1. The second kappa shape index (κ2) is 7.65. The van der Waals surface area contributed by atoms with E-state index in [1.165, 1.54) is 38.5 Å². The molecule has 2 aliphatic carbocycles. The third-order valence-corrected chi connectivity index (χ3v) is 4.99. The number of carboxylic acids is 1. The maximum Gasteiger partial charge on any atom is 0.306 e. The van der Waals surface area contributed by atoms with Gasteiger partial charge in [0.05, 0.1) is 5.92 Å². The number of carbonyl (C=O) groups is 2. The van der Waals surface area contributed by atoms with Crippen molar-refractivity contribution in [2.45, 2.75) is 64.2 Å². The first-order valence-corrected chi connectivity index (χ1v) is 8.16. The van der Waals surface area contributed by atoms with Crippen molar-refractivity contribution >= 4 is 11.9 Å². The highest BCUT2D eigenvalue weighted by Gasteiger charge is 2.32. The van der Waals surface area contributed by atoms with E-state index in [4.69, 9.17) is 5.11 Å². The molecule has 2 saturated carbocycles. The molecule has 1 amide bonds. The Bertz CT molecular complexity index is 335. The molecule has 0 aromatic carbocycles. The van der Waals surface area contributed by atoms with Gasteiger partial charge in [0.25, 0.3) is 0 Å². The highest BCUT2D eigenvalue weighted by atomic mass is 16.4. The van der Waals surface area contributed by atoms with Crippen molar-refractivity contribution in [3.05, 3.63) is 0 Å². The Balaban J connectivity index is 1.70. The van der Waals surface area contributed by atoms with Gasteiger partial charge in [-0.1, -0.05) is 32.1 Å². The summed E-state index contributed by atoms with van der Waals surface area (Å²) in [5.41, 5.74) is 0. The zero-order valence-corrected chi connectivity index (χ0v) is 12.3. The van der Waals surface area contributed by atoms with Gasteiger partial charge < -0.3 is 10.4 Å². The van der Waals surface area contributed by atoms with Crippen molar-refractivity contribution < 1.29 is 14.7 Å². The fourth-order valence-corrected chi connectivity index (χ4v) is 3.75. The Morgan fingerprint density at radius 1 is 0.950 bits per heavy atom. The van der Waals surface area contributed by atoms with Gasteiger partial charge in [0.15, 0.2) is 0 Å². The lowest BCUT2D eigenvalue weighted by Crippen LogP contribution is -2.33. The van der Waals surface area contributed by atoms with Gasteiger partial charge >= 0.3 is 5.97 Å². The van der Waals surface area contributed by atoms with Crippen LogP contribution in [-0.4, -0.2) is 23.5 Å². The van der Waals surface area contributed by atoms with Crippen molar-refractivity contribution in [2.24, 2.45) is 17.8 Å². The third-order valence-electron chi connectivity index (χ3n) is 4.99. The number of rotatable bonds is 5. The summed E-state index contributed by atoms with van der Waals surface area (Å²) in [5.74, 6) is -0.173. The molecule has 2 fully saturated rings. The summed E-state index contributed by atoms with van der Waals surface area (Å²) in [6, 6.07) is 0. The molecule has 0 radical (unpaired) electrons. The Morgan fingerprint density at radius 2 is 1.65 bits per heavy atom. The van der Waals surface area contributed by atoms with Crippen LogP contribution < -0.4 is 5.32 Å². The number of carbonyl (C=O) groups excluding carboxylic acids is 1. The topological polar surface area (TPSA) is 66.4 Å². The van der Waals surface area contributed by atoms with E-state index in [9.17, 15) is 9.59 Å².